The van der Waals surface area contributed by atoms with E-state index in [2.05, 4.69) is 5.32 Å². The van der Waals surface area contributed by atoms with Gasteiger partial charge in [-0.05, 0) is 66.0 Å². The van der Waals surface area contributed by atoms with E-state index in [0.29, 0.717) is 41.2 Å². The Hall–Kier alpha value is -1.31. The van der Waals surface area contributed by atoms with Crippen molar-refractivity contribution in [3.05, 3.63) is 32.6 Å². The highest BCUT2D eigenvalue weighted by Gasteiger charge is 2.35. The molecule has 1 saturated heterocycles. The van der Waals surface area contributed by atoms with Crippen molar-refractivity contribution in [3.8, 4) is 0 Å². The van der Waals surface area contributed by atoms with E-state index < -0.39 is 0 Å². The Morgan fingerprint density at radius 3 is 2.59 bits per heavy atom. The standard InChI is InChI=1S/C16H15FINO3/c17-11-6-8-1-2-9(15(21)14(8)12(18)7-11)5-10-3-4-13(20)19-16(10)22/h6-7,9-10H,1-5H2,(H,19,20,22). The quantitative estimate of drug-likeness (QED) is 0.597. The van der Waals surface area contributed by atoms with Crippen LogP contribution in [0.4, 0.5) is 4.39 Å². The summed E-state index contributed by atoms with van der Waals surface area (Å²) in [5, 5.41) is 2.33. The van der Waals surface area contributed by atoms with Gasteiger partial charge < -0.3 is 0 Å². The lowest BCUT2D eigenvalue weighted by Gasteiger charge is -2.28. The first-order chi connectivity index (χ1) is 10.5. The summed E-state index contributed by atoms with van der Waals surface area (Å²) in [5.74, 6) is -1.35. The Balaban J connectivity index is 1.79. The molecule has 0 bridgehead atoms. The summed E-state index contributed by atoms with van der Waals surface area (Å²) >= 11 is 1.99. The molecule has 1 aliphatic heterocycles. The van der Waals surface area contributed by atoms with Gasteiger partial charge in [0.05, 0.1) is 0 Å². The second kappa shape index (κ2) is 6.06. The summed E-state index contributed by atoms with van der Waals surface area (Å²) in [4.78, 5) is 35.7. The minimum Gasteiger partial charge on any atom is -0.296 e. The number of aryl methyl sites for hydroxylation is 1. The molecule has 3 rings (SSSR count). The molecule has 1 heterocycles. The fourth-order valence-corrected chi connectivity index (χ4v) is 4.21. The Morgan fingerprint density at radius 2 is 1.86 bits per heavy atom. The first kappa shape index (κ1) is 15.6. The smallest absolute Gasteiger partial charge is 0.229 e. The zero-order valence-corrected chi connectivity index (χ0v) is 14.0. The average Bonchev–Trinajstić information content (AvgIpc) is 2.43. The van der Waals surface area contributed by atoms with Crippen LogP contribution in [-0.4, -0.2) is 17.6 Å². The molecule has 2 unspecified atom stereocenters. The molecule has 0 spiro atoms. The number of Topliss-reactive ketones (excluding diaryl/α,β-unsaturated/α-hetero) is 1. The van der Waals surface area contributed by atoms with Crippen LogP contribution in [0.2, 0.25) is 0 Å². The molecule has 2 amide bonds. The van der Waals surface area contributed by atoms with Crippen LogP contribution in [0.3, 0.4) is 0 Å². The van der Waals surface area contributed by atoms with Gasteiger partial charge in [-0.2, -0.15) is 0 Å². The number of carbonyl (C=O) groups is 3. The van der Waals surface area contributed by atoms with Crippen molar-refractivity contribution >= 4 is 40.2 Å². The van der Waals surface area contributed by atoms with Crippen LogP contribution in [0, 0.1) is 21.2 Å². The average molecular weight is 415 g/mol. The number of hydrogen-bond donors (Lipinski definition) is 1. The van der Waals surface area contributed by atoms with Crippen LogP contribution in [0.1, 0.15) is 41.6 Å². The van der Waals surface area contributed by atoms with Crippen molar-refractivity contribution in [2.24, 2.45) is 11.8 Å². The zero-order chi connectivity index (χ0) is 15.9. The van der Waals surface area contributed by atoms with E-state index in [1.54, 1.807) is 0 Å². The van der Waals surface area contributed by atoms with Gasteiger partial charge in [-0.15, -0.1) is 0 Å². The fraction of sp³-hybridized carbons (Fsp3) is 0.438. The molecule has 6 heteroatoms. The van der Waals surface area contributed by atoms with Crippen LogP contribution in [0.25, 0.3) is 0 Å². The topological polar surface area (TPSA) is 63.2 Å². The number of carbonyl (C=O) groups excluding carboxylic acids is 3. The van der Waals surface area contributed by atoms with E-state index in [4.69, 9.17) is 0 Å². The molecule has 4 nitrogen and oxygen atoms in total. The molecular weight excluding hydrogens is 400 g/mol. The Morgan fingerprint density at radius 1 is 1.14 bits per heavy atom. The zero-order valence-electron chi connectivity index (χ0n) is 11.8. The minimum absolute atomic E-state index is 0.00431. The third-order valence-corrected chi connectivity index (χ3v) is 5.29. The van der Waals surface area contributed by atoms with Gasteiger partial charge in [0.25, 0.3) is 0 Å². The van der Waals surface area contributed by atoms with Gasteiger partial charge in [0.1, 0.15) is 5.82 Å². The third-order valence-electron chi connectivity index (χ3n) is 4.44. The van der Waals surface area contributed by atoms with Crippen molar-refractivity contribution in [2.45, 2.75) is 32.1 Å². The number of fused-ring (bicyclic) bond motifs is 1. The first-order valence-electron chi connectivity index (χ1n) is 7.31. The lowest BCUT2D eigenvalue weighted by Crippen LogP contribution is -2.42. The van der Waals surface area contributed by atoms with Crippen molar-refractivity contribution < 1.29 is 18.8 Å². The summed E-state index contributed by atoms with van der Waals surface area (Å²) < 4.78 is 14.1. The molecule has 2 aliphatic rings. The van der Waals surface area contributed by atoms with Gasteiger partial charge in [-0.3, -0.25) is 19.7 Å². The van der Waals surface area contributed by atoms with Gasteiger partial charge in [-0.25, -0.2) is 4.39 Å². The molecule has 0 radical (unpaired) electrons. The van der Waals surface area contributed by atoms with Crippen molar-refractivity contribution in [1.82, 2.24) is 5.32 Å². The number of rotatable bonds is 2. The normalized spacial score (nSPS) is 24.9. The van der Waals surface area contributed by atoms with E-state index in [9.17, 15) is 18.8 Å². The Kier molecular flexibility index (Phi) is 4.29. The molecule has 0 aromatic heterocycles. The van der Waals surface area contributed by atoms with Crippen LogP contribution in [0.15, 0.2) is 12.1 Å². The van der Waals surface area contributed by atoms with Crippen molar-refractivity contribution in [2.75, 3.05) is 0 Å². The molecule has 22 heavy (non-hydrogen) atoms. The van der Waals surface area contributed by atoms with E-state index >= 15 is 0 Å². The maximum Gasteiger partial charge on any atom is 0.229 e. The molecule has 1 aromatic carbocycles. The molecule has 1 fully saturated rings. The monoisotopic (exact) mass is 415 g/mol. The lowest BCUT2D eigenvalue weighted by molar-refractivity contribution is -0.136. The number of imide groups is 1. The molecule has 0 saturated carbocycles. The van der Waals surface area contributed by atoms with Gasteiger partial charge >= 0.3 is 0 Å². The second-order valence-corrected chi connectivity index (χ2v) is 7.07. The van der Waals surface area contributed by atoms with Crippen LogP contribution >= 0.6 is 22.6 Å². The highest BCUT2D eigenvalue weighted by Crippen LogP contribution is 2.34. The number of piperidine rings is 1. The second-order valence-electron chi connectivity index (χ2n) is 5.91. The summed E-state index contributed by atoms with van der Waals surface area (Å²) in [7, 11) is 0. The predicted molar refractivity (Wildman–Crippen MR) is 85.7 cm³/mol. The van der Waals surface area contributed by atoms with Gasteiger partial charge in [0.15, 0.2) is 5.78 Å². The predicted octanol–water partition coefficient (Wildman–Crippen LogP) is 2.62. The number of halogens is 2. The fourth-order valence-electron chi connectivity index (χ4n) is 3.30. The van der Waals surface area contributed by atoms with E-state index in [0.717, 1.165) is 5.56 Å². The molecular formula is C16H15FINO3. The minimum atomic E-state index is -0.320. The van der Waals surface area contributed by atoms with E-state index in [1.165, 1.54) is 12.1 Å². The maximum atomic E-state index is 13.4. The third kappa shape index (κ3) is 2.93. The number of ketones is 1. The summed E-state index contributed by atoms with van der Waals surface area (Å²) in [5.41, 5.74) is 1.36. The van der Waals surface area contributed by atoms with Crippen LogP contribution in [-0.2, 0) is 16.0 Å². The van der Waals surface area contributed by atoms with Gasteiger partial charge in [-0.1, -0.05) is 0 Å². The Labute approximate surface area is 141 Å². The van der Waals surface area contributed by atoms with Gasteiger partial charge in [0.2, 0.25) is 11.8 Å². The highest BCUT2D eigenvalue weighted by atomic mass is 127. The summed E-state index contributed by atoms with van der Waals surface area (Å²) in [6.07, 6.45) is 2.57. The van der Waals surface area contributed by atoms with Crippen molar-refractivity contribution in [1.29, 1.82) is 0 Å². The summed E-state index contributed by atoms with van der Waals surface area (Å²) in [6, 6.07) is 2.79. The molecule has 1 aromatic rings. The SMILES string of the molecule is O=C1CCC(CC2CCc3cc(F)cc(I)c3C2=O)C(=O)N1. The molecule has 1 N–H and O–H groups in total. The number of hydrogen-bond acceptors (Lipinski definition) is 3. The van der Waals surface area contributed by atoms with Gasteiger partial charge in [0, 0.05) is 27.4 Å². The molecule has 116 valence electrons. The summed E-state index contributed by atoms with van der Waals surface area (Å²) in [6.45, 7) is 0. The number of benzene rings is 1. The van der Waals surface area contributed by atoms with Crippen molar-refractivity contribution in [3.63, 3.8) is 0 Å². The maximum absolute atomic E-state index is 13.4. The molecule has 2 atom stereocenters. The number of amides is 2. The first-order valence-corrected chi connectivity index (χ1v) is 8.39. The van der Waals surface area contributed by atoms with E-state index in [1.807, 2.05) is 22.6 Å². The van der Waals surface area contributed by atoms with Crippen LogP contribution in [0.5, 0.6) is 0 Å². The largest absolute Gasteiger partial charge is 0.296 e. The van der Waals surface area contributed by atoms with E-state index in [-0.39, 0.29) is 35.3 Å². The number of nitrogens with one attached hydrogen (secondary N) is 1. The van der Waals surface area contributed by atoms with Crippen LogP contribution < -0.4 is 5.32 Å². The highest BCUT2D eigenvalue weighted by molar-refractivity contribution is 14.1. The molecule has 1 aliphatic carbocycles. The Bertz CT molecular complexity index is 674. The lowest BCUT2D eigenvalue weighted by atomic mass is 9.77.